The lowest BCUT2D eigenvalue weighted by Gasteiger charge is -2.41. The largest absolute Gasteiger partial charge is 0.377 e. The molecule has 4 rings (SSSR count). The van der Waals surface area contributed by atoms with Crippen LogP contribution in [0.3, 0.4) is 0 Å². The highest BCUT2D eigenvalue weighted by Crippen LogP contribution is 2.30. The number of morpholine rings is 1. The Kier molecular flexibility index (Phi) is 5.89. The summed E-state index contributed by atoms with van der Waals surface area (Å²) in [7, 11) is 0. The average molecular weight is 433 g/mol. The van der Waals surface area contributed by atoms with Crippen molar-refractivity contribution >= 4 is 34.8 Å². The molecule has 3 aromatic rings. The first-order valence-electron chi connectivity index (χ1n) is 9.47. The molecule has 0 saturated carbocycles. The minimum Gasteiger partial charge on any atom is -0.377 e. The van der Waals surface area contributed by atoms with E-state index in [0.717, 1.165) is 18.8 Å². The average Bonchev–Trinajstić information content (AvgIpc) is 3.17. The van der Waals surface area contributed by atoms with E-state index < -0.39 is 0 Å². The first-order valence-corrected chi connectivity index (χ1v) is 10.2. The van der Waals surface area contributed by atoms with Gasteiger partial charge in [-0.2, -0.15) is 4.68 Å². The van der Waals surface area contributed by atoms with Crippen LogP contribution in [0.4, 0.5) is 11.6 Å². The Balaban J connectivity index is 1.59. The third kappa shape index (κ3) is 4.03. The third-order valence-electron chi connectivity index (χ3n) is 5.00. The van der Waals surface area contributed by atoms with Crippen LogP contribution in [0.1, 0.15) is 19.4 Å². The predicted molar refractivity (Wildman–Crippen MR) is 115 cm³/mol. The van der Waals surface area contributed by atoms with Gasteiger partial charge in [0.1, 0.15) is 0 Å². The lowest BCUT2D eigenvalue weighted by atomic mass is 10.1. The van der Waals surface area contributed by atoms with E-state index in [9.17, 15) is 0 Å². The van der Waals surface area contributed by atoms with Gasteiger partial charge in [0.05, 0.1) is 28.9 Å². The van der Waals surface area contributed by atoms with Gasteiger partial charge in [-0.15, -0.1) is 0 Å². The van der Waals surface area contributed by atoms with Gasteiger partial charge in [0.2, 0.25) is 5.95 Å². The van der Waals surface area contributed by atoms with E-state index in [1.54, 1.807) is 10.7 Å². The Labute approximate surface area is 179 Å². The molecule has 2 heterocycles. The number of hydrogen-bond donors (Lipinski definition) is 1. The van der Waals surface area contributed by atoms with Crippen LogP contribution in [-0.4, -0.2) is 45.5 Å². The fourth-order valence-electron chi connectivity index (χ4n) is 3.68. The van der Waals surface area contributed by atoms with Gasteiger partial charge in [-0.05, 0) is 48.0 Å². The second kappa shape index (κ2) is 8.57. The van der Waals surface area contributed by atoms with Crippen LogP contribution in [0.15, 0.2) is 42.5 Å². The maximum absolute atomic E-state index is 6.34. The highest BCUT2D eigenvalue weighted by Gasteiger charge is 2.27. The number of hydrogen-bond acceptors (Lipinski definition) is 6. The summed E-state index contributed by atoms with van der Waals surface area (Å²) >= 11 is 12.5. The highest BCUT2D eigenvalue weighted by atomic mass is 35.5. The fourth-order valence-corrected chi connectivity index (χ4v) is 4.06. The van der Waals surface area contributed by atoms with Crippen LogP contribution in [-0.2, 0) is 11.3 Å². The van der Waals surface area contributed by atoms with Crippen molar-refractivity contribution in [3.63, 3.8) is 0 Å². The Morgan fingerprint density at radius 2 is 1.76 bits per heavy atom. The molecule has 2 aromatic carbocycles. The van der Waals surface area contributed by atoms with E-state index in [-0.39, 0.29) is 0 Å². The Hall–Kier alpha value is -2.35. The second-order valence-electron chi connectivity index (χ2n) is 7.11. The molecular weight excluding hydrogens is 411 g/mol. The fraction of sp³-hybridized carbons (Fsp3) is 0.350. The van der Waals surface area contributed by atoms with Gasteiger partial charge in [0, 0.05) is 24.3 Å². The molecule has 1 fully saturated rings. The molecule has 1 saturated heterocycles. The molecule has 2 unspecified atom stereocenters. The van der Waals surface area contributed by atoms with Crippen LogP contribution in [0.2, 0.25) is 10.0 Å². The summed E-state index contributed by atoms with van der Waals surface area (Å²) < 4.78 is 7.23. The lowest BCUT2D eigenvalue weighted by Crippen LogP contribution is -2.50. The summed E-state index contributed by atoms with van der Waals surface area (Å²) in [5.74, 6) is 0.493. The molecule has 1 aliphatic rings. The summed E-state index contributed by atoms with van der Waals surface area (Å²) in [4.78, 5) is 2.41. The van der Waals surface area contributed by atoms with Crippen LogP contribution < -0.4 is 10.2 Å². The SMILES string of the molecule is CC1COCC(C)N1c1ccccc1CNc1nnnn1-c1cccc(Cl)c1Cl. The molecule has 29 heavy (non-hydrogen) atoms. The molecule has 0 radical (unpaired) electrons. The number of nitrogens with one attached hydrogen (secondary N) is 1. The Bertz CT molecular complexity index is 985. The van der Waals surface area contributed by atoms with Crippen LogP contribution in [0.5, 0.6) is 0 Å². The van der Waals surface area contributed by atoms with Gasteiger partial charge >= 0.3 is 0 Å². The maximum Gasteiger partial charge on any atom is 0.248 e. The van der Waals surface area contributed by atoms with Gasteiger partial charge in [-0.25, -0.2) is 0 Å². The Morgan fingerprint density at radius 1 is 1.03 bits per heavy atom. The van der Waals surface area contributed by atoms with Crippen molar-refractivity contribution in [2.24, 2.45) is 0 Å². The van der Waals surface area contributed by atoms with E-state index in [0.29, 0.717) is 40.3 Å². The zero-order valence-corrected chi connectivity index (χ0v) is 17.7. The summed E-state index contributed by atoms with van der Waals surface area (Å²) in [6.07, 6.45) is 0. The molecular formula is C20H22Cl2N6O. The Morgan fingerprint density at radius 3 is 2.55 bits per heavy atom. The molecule has 0 aliphatic carbocycles. The smallest absolute Gasteiger partial charge is 0.248 e. The minimum absolute atomic E-state index is 0.301. The molecule has 9 heteroatoms. The number of benzene rings is 2. The van der Waals surface area contributed by atoms with Crippen LogP contribution >= 0.6 is 23.2 Å². The van der Waals surface area contributed by atoms with Crippen LogP contribution in [0.25, 0.3) is 5.69 Å². The van der Waals surface area contributed by atoms with Crippen molar-refractivity contribution in [2.75, 3.05) is 23.4 Å². The predicted octanol–water partition coefficient (Wildman–Crippen LogP) is 4.19. The molecule has 1 aromatic heterocycles. The molecule has 7 nitrogen and oxygen atoms in total. The quantitative estimate of drug-likeness (QED) is 0.651. The third-order valence-corrected chi connectivity index (χ3v) is 5.81. The van der Waals surface area contributed by atoms with Crippen molar-refractivity contribution in [2.45, 2.75) is 32.5 Å². The van der Waals surface area contributed by atoms with E-state index in [2.05, 4.69) is 57.8 Å². The van der Waals surface area contributed by atoms with Crippen molar-refractivity contribution < 1.29 is 4.74 Å². The van der Waals surface area contributed by atoms with E-state index in [1.807, 2.05) is 18.2 Å². The summed E-state index contributed by atoms with van der Waals surface area (Å²) in [5, 5.41) is 16.1. The first kappa shape index (κ1) is 19.9. The molecule has 0 amide bonds. The zero-order valence-electron chi connectivity index (χ0n) is 16.2. The molecule has 152 valence electrons. The highest BCUT2D eigenvalue weighted by molar-refractivity contribution is 6.43. The normalized spacial score (nSPS) is 19.4. The monoisotopic (exact) mass is 432 g/mol. The van der Waals surface area contributed by atoms with Crippen molar-refractivity contribution in [3.05, 3.63) is 58.1 Å². The number of nitrogens with zero attached hydrogens (tertiary/aromatic N) is 5. The van der Waals surface area contributed by atoms with E-state index in [1.165, 1.54) is 5.69 Å². The molecule has 0 spiro atoms. The lowest BCUT2D eigenvalue weighted by molar-refractivity contribution is 0.0756. The van der Waals surface area contributed by atoms with Crippen LogP contribution in [0, 0.1) is 0 Å². The van der Waals surface area contributed by atoms with Gasteiger partial charge in [0.15, 0.2) is 0 Å². The number of halogens is 2. The second-order valence-corrected chi connectivity index (χ2v) is 7.90. The standard InChI is InChI=1S/C20H22Cl2N6O/c1-13-11-29-12-14(2)27(13)17-8-4-3-6-15(17)10-23-20-24-25-26-28(20)18-9-5-7-16(21)19(18)22/h3-9,13-14H,10-12H2,1-2H3,(H,23,24,26). The van der Waals surface area contributed by atoms with Gasteiger partial charge < -0.3 is 15.0 Å². The topological polar surface area (TPSA) is 68.1 Å². The zero-order chi connectivity index (χ0) is 20.4. The van der Waals surface area contributed by atoms with Gasteiger partial charge in [0.25, 0.3) is 0 Å². The minimum atomic E-state index is 0.301. The van der Waals surface area contributed by atoms with Gasteiger partial charge in [-0.1, -0.05) is 52.6 Å². The summed E-state index contributed by atoms with van der Waals surface area (Å²) in [6, 6.07) is 14.3. The number of anilines is 2. The number of ether oxygens (including phenoxy) is 1. The number of para-hydroxylation sites is 1. The first-order chi connectivity index (χ1) is 14.1. The molecule has 2 atom stereocenters. The van der Waals surface area contributed by atoms with Crippen molar-refractivity contribution in [1.82, 2.24) is 20.2 Å². The number of aromatic nitrogens is 4. The maximum atomic E-state index is 6.34. The summed E-state index contributed by atoms with van der Waals surface area (Å²) in [5.41, 5.74) is 2.96. The van der Waals surface area contributed by atoms with Crippen molar-refractivity contribution in [3.8, 4) is 5.69 Å². The van der Waals surface area contributed by atoms with E-state index >= 15 is 0 Å². The molecule has 1 aliphatic heterocycles. The van der Waals surface area contributed by atoms with E-state index in [4.69, 9.17) is 27.9 Å². The number of tetrazole rings is 1. The molecule has 1 N–H and O–H groups in total. The van der Waals surface area contributed by atoms with Crippen molar-refractivity contribution in [1.29, 1.82) is 0 Å². The molecule has 0 bridgehead atoms. The number of rotatable bonds is 5. The van der Waals surface area contributed by atoms with Gasteiger partial charge in [-0.3, -0.25) is 0 Å². The summed E-state index contributed by atoms with van der Waals surface area (Å²) in [6.45, 7) is 6.36.